The third-order valence-electron chi connectivity index (χ3n) is 3.09. The zero-order chi connectivity index (χ0) is 16.8. The molecule has 0 saturated heterocycles. The van der Waals surface area contributed by atoms with Gasteiger partial charge in [-0.25, -0.2) is 0 Å². The molecule has 23 heavy (non-hydrogen) atoms. The van der Waals surface area contributed by atoms with Gasteiger partial charge in [0.05, 0.1) is 6.61 Å². The van der Waals surface area contributed by atoms with Crippen molar-refractivity contribution < 1.29 is 23.8 Å². The van der Waals surface area contributed by atoms with Crippen LogP contribution in [0.1, 0.15) is 44.6 Å². The molecule has 0 saturated carbocycles. The first-order valence-electron chi connectivity index (χ1n) is 8.15. The molecular formula is C18H26O5. The lowest BCUT2D eigenvalue weighted by atomic mass is 10.2. The molecule has 1 rings (SSSR count). The summed E-state index contributed by atoms with van der Waals surface area (Å²) in [7, 11) is 0. The van der Waals surface area contributed by atoms with E-state index in [1.165, 1.54) is 0 Å². The second-order valence-electron chi connectivity index (χ2n) is 5.19. The Bertz CT molecular complexity index is 444. The van der Waals surface area contributed by atoms with Crippen LogP contribution in [0.15, 0.2) is 30.3 Å². The van der Waals surface area contributed by atoms with Gasteiger partial charge in [-0.3, -0.25) is 9.59 Å². The van der Waals surface area contributed by atoms with E-state index in [9.17, 15) is 9.59 Å². The minimum atomic E-state index is -0.247. The predicted octanol–water partition coefficient (Wildman–Crippen LogP) is 3.26. The number of esters is 2. The average molecular weight is 322 g/mol. The Labute approximate surface area is 137 Å². The molecular weight excluding hydrogens is 296 g/mol. The van der Waals surface area contributed by atoms with Crippen LogP contribution < -0.4 is 0 Å². The highest BCUT2D eigenvalue weighted by Gasteiger charge is 2.06. The zero-order valence-electron chi connectivity index (χ0n) is 13.8. The Morgan fingerprint density at radius 3 is 2.17 bits per heavy atom. The maximum absolute atomic E-state index is 11.6. The molecule has 5 heteroatoms. The molecule has 1 aromatic rings. The summed E-state index contributed by atoms with van der Waals surface area (Å²) in [6.07, 6.45) is 2.83. The molecule has 0 bridgehead atoms. The number of unbranched alkanes of at least 4 members (excludes halogenated alkanes) is 1. The van der Waals surface area contributed by atoms with E-state index in [1.54, 1.807) is 0 Å². The fourth-order valence-corrected chi connectivity index (χ4v) is 1.88. The van der Waals surface area contributed by atoms with Crippen molar-refractivity contribution in [3.8, 4) is 0 Å². The van der Waals surface area contributed by atoms with Gasteiger partial charge >= 0.3 is 11.9 Å². The Morgan fingerprint density at radius 1 is 0.870 bits per heavy atom. The number of rotatable bonds is 12. The molecule has 128 valence electrons. The first kappa shape index (κ1) is 19.2. The van der Waals surface area contributed by atoms with Crippen molar-refractivity contribution in [2.24, 2.45) is 0 Å². The van der Waals surface area contributed by atoms with Gasteiger partial charge in [0.15, 0.2) is 0 Å². The van der Waals surface area contributed by atoms with Crippen LogP contribution in [-0.4, -0.2) is 31.8 Å². The monoisotopic (exact) mass is 322 g/mol. The topological polar surface area (TPSA) is 61.8 Å². The van der Waals surface area contributed by atoms with Gasteiger partial charge in [-0.2, -0.15) is 0 Å². The summed E-state index contributed by atoms with van der Waals surface area (Å²) < 4.78 is 15.4. The van der Waals surface area contributed by atoms with E-state index in [0.29, 0.717) is 45.5 Å². The van der Waals surface area contributed by atoms with Gasteiger partial charge < -0.3 is 14.2 Å². The van der Waals surface area contributed by atoms with E-state index in [-0.39, 0.29) is 18.5 Å². The van der Waals surface area contributed by atoms with Crippen LogP contribution in [0, 0.1) is 0 Å². The second-order valence-corrected chi connectivity index (χ2v) is 5.19. The van der Waals surface area contributed by atoms with Crippen LogP contribution in [0.3, 0.4) is 0 Å². The lowest BCUT2D eigenvalue weighted by molar-refractivity contribution is -0.147. The van der Waals surface area contributed by atoms with Crippen LogP contribution in [0.25, 0.3) is 0 Å². The first-order chi connectivity index (χ1) is 11.2. The van der Waals surface area contributed by atoms with E-state index in [2.05, 4.69) is 0 Å². The van der Waals surface area contributed by atoms with Gasteiger partial charge in [0.2, 0.25) is 0 Å². The van der Waals surface area contributed by atoms with E-state index < -0.39 is 0 Å². The van der Waals surface area contributed by atoms with Gasteiger partial charge in [0.25, 0.3) is 0 Å². The Kier molecular flexibility index (Phi) is 10.5. The average Bonchev–Trinajstić information content (AvgIpc) is 2.57. The van der Waals surface area contributed by atoms with Crippen molar-refractivity contribution in [1.29, 1.82) is 0 Å². The lowest BCUT2D eigenvalue weighted by Crippen LogP contribution is -2.11. The fraction of sp³-hybridized carbons (Fsp3) is 0.556. The number of carbonyl (C=O) groups excluding carboxylic acids is 2. The Balaban J connectivity index is 1.97. The maximum Gasteiger partial charge on any atom is 0.306 e. The summed E-state index contributed by atoms with van der Waals surface area (Å²) >= 11 is 0. The third kappa shape index (κ3) is 10.5. The van der Waals surface area contributed by atoms with Crippen LogP contribution in [-0.2, 0) is 30.4 Å². The van der Waals surface area contributed by atoms with Crippen LogP contribution >= 0.6 is 0 Å². The SMILES string of the molecule is CCCOCCOC(=O)CCCCC(=O)OCc1ccccc1. The number of ether oxygens (including phenoxy) is 3. The lowest BCUT2D eigenvalue weighted by Gasteiger charge is -2.06. The summed E-state index contributed by atoms with van der Waals surface area (Å²) in [6.45, 7) is 3.72. The highest BCUT2D eigenvalue weighted by Crippen LogP contribution is 2.06. The molecule has 0 aliphatic rings. The predicted molar refractivity (Wildman–Crippen MR) is 86.8 cm³/mol. The summed E-state index contributed by atoms with van der Waals surface area (Å²) in [4.78, 5) is 23.0. The molecule has 1 aromatic carbocycles. The third-order valence-corrected chi connectivity index (χ3v) is 3.09. The van der Waals surface area contributed by atoms with Crippen molar-refractivity contribution in [2.75, 3.05) is 19.8 Å². The summed E-state index contributed by atoms with van der Waals surface area (Å²) in [5.74, 6) is -0.488. The molecule has 0 atom stereocenters. The Morgan fingerprint density at radius 2 is 1.52 bits per heavy atom. The summed E-state index contributed by atoms with van der Waals surface area (Å²) in [5, 5.41) is 0. The minimum absolute atomic E-state index is 0.241. The van der Waals surface area contributed by atoms with E-state index >= 15 is 0 Å². The van der Waals surface area contributed by atoms with Crippen molar-refractivity contribution in [3.05, 3.63) is 35.9 Å². The van der Waals surface area contributed by atoms with Gasteiger partial charge in [0.1, 0.15) is 13.2 Å². The molecule has 0 heterocycles. The molecule has 0 N–H and O–H groups in total. The smallest absolute Gasteiger partial charge is 0.306 e. The molecule has 0 fully saturated rings. The largest absolute Gasteiger partial charge is 0.463 e. The second kappa shape index (κ2) is 12.6. The van der Waals surface area contributed by atoms with Gasteiger partial charge in [-0.05, 0) is 24.8 Å². The Hall–Kier alpha value is -1.88. The van der Waals surface area contributed by atoms with Crippen molar-refractivity contribution >= 4 is 11.9 Å². The maximum atomic E-state index is 11.6. The number of benzene rings is 1. The highest BCUT2D eigenvalue weighted by atomic mass is 16.6. The van der Waals surface area contributed by atoms with Gasteiger partial charge in [0, 0.05) is 19.4 Å². The van der Waals surface area contributed by atoms with Crippen LogP contribution in [0.4, 0.5) is 0 Å². The molecule has 0 radical (unpaired) electrons. The normalized spacial score (nSPS) is 10.3. The zero-order valence-corrected chi connectivity index (χ0v) is 13.8. The molecule has 0 aliphatic carbocycles. The molecule has 0 unspecified atom stereocenters. The molecule has 0 amide bonds. The van der Waals surface area contributed by atoms with Crippen LogP contribution in [0.5, 0.6) is 0 Å². The molecule has 0 aliphatic heterocycles. The van der Waals surface area contributed by atoms with Crippen molar-refractivity contribution in [3.63, 3.8) is 0 Å². The van der Waals surface area contributed by atoms with E-state index in [0.717, 1.165) is 12.0 Å². The summed E-state index contributed by atoms with van der Waals surface area (Å²) in [6, 6.07) is 9.55. The quantitative estimate of drug-likeness (QED) is 0.436. The van der Waals surface area contributed by atoms with E-state index in [4.69, 9.17) is 14.2 Å². The standard InChI is InChI=1S/C18H26O5/c1-2-12-21-13-14-22-17(19)10-6-7-11-18(20)23-15-16-8-4-3-5-9-16/h3-5,8-9H,2,6-7,10-15H2,1H3. The van der Waals surface area contributed by atoms with Crippen molar-refractivity contribution in [1.82, 2.24) is 0 Å². The minimum Gasteiger partial charge on any atom is -0.463 e. The number of hydrogen-bond acceptors (Lipinski definition) is 5. The highest BCUT2D eigenvalue weighted by molar-refractivity contribution is 5.70. The van der Waals surface area contributed by atoms with Gasteiger partial charge in [-0.1, -0.05) is 37.3 Å². The number of hydrogen-bond donors (Lipinski definition) is 0. The first-order valence-corrected chi connectivity index (χ1v) is 8.15. The van der Waals surface area contributed by atoms with Gasteiger partial charge in [-0.15, -0.1) is 0 Å². The van der Waals surface area contributed by atoms with Crippen molar-refractivity contribution in [2.45, 2.75) is 45.6 Å². The molecule has 0 aromatic heterocycles. The molecule has 0 spiro atoms. The number of carbonyl (C=O) groups is 2. The summed E-state index contributed by atoms with van der Waals surface area (Å²) in [5.41, 5.74) is 0.967. The fourth-order valence-electron chi connectivity index (χ4n) is 1.88. The molecule has 5 nitrogen and oxygen atoms in total. The van der Waals surface area contributed by atoms with Crippen LogP contribution in [0.2, 0.25) is 0 Å². The van der Waals surface area contributed by atoms with E-state index in [1.807, 2.05) is 37.3 Å².